The summed E-state index contributed by atoms with van der Waals surface area (Å²) < 4.78 is 0. The second-order valence-electron chi connectivity index (χ2n) is 8.31. The standard InChI is InChI=1S/C31H27N3O2/c1-2-28(24-14-16-25(17-15-24)29-8-3-4-19-33-29)31(27-7-5-6-23(20-27)21-34-32)26-12-9-22(10-13-26)11-18-30(35)36/h3-20,32H,2,21H2,1H3,(H,35,36)/b18-11+,31-28+,34-32?. The lowest BCUT2D eigenvalue weighted by Crippen LogP contribution is -1.97. The molecule has 2 N–H and O–H groups in total. The number of pyridine rings is 1. The Labute approximate surface area is 211 Å². The third-order valence-corrected chi connectivity index (χ3v) is 5.94. The van der Waals surface area contributed by atoms with Gasteiger partial charge in [0.1, 0.15) is 0 Å². The van der Waals surface area contributed by atoms with Crippen LogP contribution < -0.4 is 0 Å². The van der Waals surface area contributed by atoms with Crippen molar-refractivity contribution >= 4 is 23.2 Å². The summed E-state index contributed by atoms with van der Waals surface area (Å²) >= 11 is 0. The average molecular weight is 474 g/mol. The Morgan fingerprint density at radius 2 is 1.67 bits per heavy atom. The lowest BCUT2D eigenvalue weighted by Gasteiger charge is -2.17. The molecule has 1 heterocycles. The van der Waals surface area contributed by atoms with Crippen LogP contribution in [-0.2, 0) is 11.3 Å². The number of nitrogens with one attached hydrogen (secondary N) is 1. The van der Waals surface area contributed by atoms with Crippen molar-refractivity contribution in [1.82, 2.24) is 4.98 Å². The Morgan fingerprint density at radius 1 is 0.917 bits per heavy atom. The maximum atomic E-state index is 10.9. The molecule has 0 aliphatic carbocycles. The Kier molecular flexibility index (Phi) is 7.94. The molecule has 0 unspecified atom stereocenters. The summed E-state index contributed by atoms with van der Waals surface area (Å²) in [5, 5.41) is 12.5. The minimum absolute atomic E-state index is 0.334. The number of nitrogens with zero attached hydrogens (tertiary/aromatic N) is 2. The molecule has 4 aromatic rings. The second kappa shape index (κ2) is 11.7. The van der Waals surface area contributed by atoms with Crippen molar-refractivity contribution in [3.8, 4) is 11.3 Å². The van der Waals surface area contributed by atoms with E-state index in [0.717, 1.165) is 57.1 Å². The molecule has 0 spiro atoms. The highest BCUT2D eigenvalue weighted by Crippen LogP contribution is 2.35. The van der Waals surface area contributed by atoms with Gasteiger partial charge in [0.2, 0.25) is 0 Å². The molecule has 0 radical (unpaired) electrons. The number of hydrogen-bond donors (Lipinski definition) is 2. The van der Waals surface area contributed by atoms with E-state index in [1.807, 2.05) is 54.6 Å². The van der Waals surface area contributed by atoms with Crippen LogP contribution in [0, 0.1) is 5.53 Å². The van der Waals surface area contributed by atoms with E-state index in [1.54, 1.807) is 12.3 Å². The molecule has 36 heavy (non-hydrogen) atoms. The molecule has 5 heteroatoms. The molecule has 3 aromatic carbocycles. The molecule has 5 nitrogen and oxygen atoms in total. The van der Waals surface area contributed by atoms with E-state index in [9.17, 15) is 4.79 Å². The highest BCUT2D eigenvalue weighted by atomic mass is 16.4. The van der Waals surface area contributed by atoms with Crippen LogP contribution in [0.25, 0.3) is 28.5 Å². The van der Waals surface area contributed by atoms with E-state index in [2.05, 4.69) is 53.4 Å². The molecule has 0 atom stereocenters. The zero-order valence-corrected chi connectivity index (χ0v) is 20.1. The molecule has 0 saturated carbocycles. The van der Waals surface area contributed by atoms with Gasteiger partial charge in [0.05, 0.1) is 12.2 Å². The van der Waals surface area contributed by atoms with E-state index in [4.69, 9.17) is 10.6 Å². The van der Waals surface area contributed by atoms with Crippen molar-refractivity contribution < 1.29 is 9.90 Å². The van der Waals surface area contributed by atoms with Gasteiger partial charge in [-0.2, -0.15) is 5.11 Å². The van der Waals surface area contributed by atoms with Crippen molar-refractivity contribution in [1.29, 1.82) is 5.53 Å². The van der Waals surface area contributed by atoms with Crippen molar-refractivity contribution in [2.75, 3.05) is 0 Å². The predicted octanol–water partition coefficient (Wildman–Crippen LogP) is 7.75. The largest absolute Gasteiger partial charge is 0.478 e. The van der Waals surface area contributed by atoms with Crippen LogP contribution in [0.15, 0.2) is 108 Å². The Hall–Kier alpha value is -4.64. The SMILES string of the molecule is CC/C(=C(/c1ccc(/C=C/C(=O)O)cc1)c1cccc(CN=N)c1)c1ccc(-c2ccccn2)cc1. The molecule has 0 bridgehead atoms. The summed E-state index contributed by atoms with van der Waals surface area (Å²) in [6.07, 6.45) is 5.33. The van der Waals surface area contributed by atoms with Gasteiger partial charge in [-0.15, -0.1) is 0 Å². The first-order valence-corrected chi connectivity index (χ1v) is 11.8. The number of carboxylic acids is 1. The summed E-state index contributed by atoms with van der Waals surface area (Å²) in [5.74, 6) is -0.973. The number of hydrogen-bond acceptors (Lipinski definition) is 4. The van der Waals surface area contributed by atoms with Gasteiger partial charge in [0.25, 0.3) is 0 Å². The normalized spacial score (nSPS) is 11.8. The van der Waals surface area contributed by atoms with Gasteiger partial charge < -0.3 is 5.11 Å². The highest BCUT2D eigenvalue weighted by molar-refractivity contribution is 5.99. The lowest BCUT2D eigenvalue weighted by atomic mass is 9.87. The van der Waals surface area contributed by atoms with Gasteiger partial charge in [0.15, 0.2) is 0 Å². The van der Waals surface area contributed by atoms with Crippen molar-refractivity contribution in [2.24, 2.45) is 5.11 Å². The quantitative estimate of drug-likeness (QED) is 0.148. The van der Waals surface area contributed by atoms with E-state index in [-0.39, 0.29) is 0 Å². The van der Waals surface area contributed by atoms with Crippen LogP contribution in [-0.4, -0.2) is 16.1 Å². The van der Waals surface area contributed by atoms with Gasteiger partial charge in [-0.25, -0.2) is 10.3 Å². The van der Waals surface area contributed by atoms with E-state index in [1.165, 1.54) is 5.57 Å². The Balaban J connectivity index is 1.84. The average Bonchev–Trinajstić information content (AvgIpc) is 2.92. The smallest absolute Gasteiger partial charge is 0.328 e. The van der Waals surface area contributed by atoms with Crippen LogP contribution in [0.5, 0.6) is 0 Å². The van der Waals surface area contributed by atoms with Gasteiger partial charge in [-0.3, -0.25) is 4.98 Å². The molecule has 1 aromatic heterocycles. The predicted molar refractivity (Wildman–Crippen MR) is 144 cm³/mol. The molecule has 178 valence electrons. The number of aromatic nitrogens is 1. The number of carboxylic acid groups (broad SMARTS) is 1. The number of rotatable bonds is 9. The first kappa shape index (κ1) is 24.5. The molecular weight excluding hydrogens is 446 g/mol. The van der Waals surface area contributed by atoms with Crippen LogP contribution in [0.3, 0.4) is 0 Å². The first-order chi connectivity index (χ1) is 17.6. The maximum Gasteiger partial charge on any atom is 0.328 e. The summed E-state index contributed by atoms with van der Waals surface area (Å²) in [5.41, 5.74) is 16.6. The third kappa shape index (κ3) is 5.88. The van der Waals surface area contributed by atoms with E-state index < -0.39 is 5.97 Å². The van der Waals surface area contributed by atoms with Crippen LogP contribution >= 0.6 is 0 Å². The van der Waals surface area contributed by atoms with E-state index >= 15 is 0 Å². The number of allylic oxidation sites excluding steroid dienone is 1. The number of carbonyl (C=O) groups is 1. The molecule has 4 rings (SSSR count). The zero-order chi connectivity index (χ0) is 25.3. The van der Waals surface area contributed by atoms with Gasteiger partial charge in [-0.05, 0) is 69.7 Å². The van der Waals surface area contributed by atoms with Gasteiger partial charge in [0, 0.05) is 17.8 Å². The summed E-state index contributed by atoms with van der Waals surface area (Å²) in [4.78, 5) is 15.4. The molecule has 0 amide bonds. The Morgan fingerprint density at radius 3 is 2.31 bits per heavy atom. The summed E-state index contributed by atoms with van der Waals surface area (Å²) in [6, 6.07) is 30.4. The van der Waals surface area contributed by atoms with Crippen LogP contribution in [0.2, 0.25) is 0 Å². The van der Waals surface area contributed by atoms with Crippen molar-refractivity contribution in [3.05, 3.63) is 131 Å². The first-order valence-electron chi connectivity index (χ1n) is 11.8. The fraction of sp³-hybridized carbons (Fsp3) is 0.0968. The highest BCUT2D eigenvalue weighted by Gasteiger charge is 2.14. The summed E-state index contributed by atoms with van der Waals surface area (Å²) in [7, 11) is 0. The van der Waals surface area contributed by atoms with Crippen molar-refractivity contribution in [3.63, 3.8) is 0 Å². The molecular formula is C31H27N3O2. The van der Waals surface area contributed by atoms with E-state index in [0.29, 0.717) is 6.54 Å². The molecule has 0 saturated heterocycles. The van der Waals surface area contributed by atoms with Crippen LogP contribution in [0.1, 0.15) is 41.2 Å². The topological polar surface area (TPSA) is 86.4 Å². The minimum atomic E-state index is -0.973. The lowest BCUT2D eigenvalue weighted by molar-refractivity contribution is -0.131. The van der Waals surface area contributed by atoms with Gasteiger partial charge in [-0.1, -0.05) is 79.7 Å². The molecule has 0 fully saturated rings. The number of benzene rings is 3. The minimum Gasteiger partial charge on any atom is -0.478 e. The monoisotopic (exact) mass is 473 g/mol. The fourth-order valence-electron chi connectivity index (χ4n) is 4.26. The summed E-state index contributed by atoms with van der Waals surface area (Å²) in [6.45, 7) is 2.48. The van der Waals surface area contributed by atoms with Crippen molar-refractivity contribution in [2.45, 2.75) is 19.9 Å². The van der Waals surface area contributed by atoms with Crippen LogP contribution in [0.4, 0.5) is 0 Å². The molecule has 0 aliphatic rings. The third-order valence-electron chi connectivity index (χ3n) is 5.94. The molecule has 0 aliphatic heterocycles. The second-order valence-corrected chi connectivity index (χ2v) is 8.31. The van der Waals surface area contributed by atoms with Gasteiger partial charge >= 0.3 is 5.97 Å². The fourth-order valence-corrected chi connectivity index (χ4v) is 4.26. The Bertz CT molecular complexity index is 1400. The number of aliphatic carboxylic acids is 1. The maximum absolute atomic E-state index is 10.9. The zero-order valence-electron chi connectivity index (χ0n) is 20.1.